The zero-order chi connectivity index (χ0) is 43.5. The molecule has 0 fully saturated rings. The van der Waals surface area contributed by atoms with Crippen molar-refractivity contribution in [3.05, 3.63) is 125 Å². The Bertz CT molecular complexity index is 2500. The van der Waals surface area contributed by atoms with Gasteiger partial charge in [0.2, 0.25) is 5.91 Å². The van der Waals surface area contributed by atoms with E-state index < -0.39 is 52.7 Å². The van der Waals surface area contributed by atoms with Crippen molar-refractivity contribution in [2.24, 2.45) is 0 Å². The largest absolute Gasteiger partial charge is 0.504 e. The first-order chi connectivity index (χ1) is 28.8. The van der Waals surface area contributed by atoms with Crippen LogP contribution in [-0.2, 0) is 4.79 Å². The van der Waals surface area contributed by atoms with Crippen LogP contribution in [0.5, 0.6) is 28.7 Å². The minimum absolute atomic E-state index is 0.0157. The number of nitriles is 1. The van der Waals surface area contributed by atoms with Crippen molar-refractivity contribution in [3.63, 3.8) is 0 Å². The number of nitrogens with one attached hydrogen (secondary N) is 5. The minimum atomic E-state index is -1.42. The molecule has 5 aromatic carbocycles. The van der Waals surface area contributed by atoms with Crippen LogP contribution in [0.25, 0.3) is 0 Å². The molecule has 8 N–H and O–H groups in total. The van der Waals surface area contributed by atoms with Gasteiger partial charge in [0.25, 0.3) is 23.6 Å². The van der Waals surface area contributed by atoms with Gasteiger partial charge in [-0.05, 0) is 97.1 Å². The van der Waals surface area contributed by atoms with Crippen LogP contribution in [0, 0.1) is 11.3 Å². The number of phenols is 2. The van der Waals surface area contributed by atoms with E-state index in [1.54, 1.807) is 24.3 Å². The maximum absolute atomic E-state index is 13.2. The Hall–Kier alpha value is -8.59. The molecule has 0 saturated carbocycles. The number of aromatic carboxylic acids is 1. The second-order valence-electron chi connectivity index (χ2n) is 12.5. The number of amides is 5. The zero-order valence-corrected chi connectivity index (χ0v) is 32.0. The highest BCUT2D eigenvalue weighted by Crippen LogP contribution is 2.40. The van der Waals surface area contributed by atoms with Crippen LogP contribution < -0.4 is 40.8 Å². The Morgan fingerprint density at radius 2 is 1.02 bits per heavy atom. The van der Waals surface area contributed by atoms with Crippen molar-refractivity contribution in [2.45, 2.75) is 12.5 Å². The molecule has 306 valence electrons. The number of hydrogen-bond donors (Lipinski definition) is 8. The molecule has 5 aromatic rings. The molecule has 0 heterocycles. The fourth-order valence-electron chi connectivity index (χ4n) is 5.62. The number of anilines is 4. The summed E-state index contributed by atoms with van der Waals surface area (Å²) in [5.74, 6) is -6.07. The number of benzene rings is 5. The van der Waals surface area contributed by atoms with Gasteiger partial charge in [0.1, 0.15) is 17.4 Å². The van der Waals surface area contributed by atoms with Gasteiger partial charge in [0.05, 0.1) is 50.8 Å². The molecule has 0 radical (unpaired) electrons. The van der Waals surface area contributed by atoms with Crippen LogP contribution in [0.3, 0.4) is 0 Å². The quantitative estimate of drug-likeness (QED) is 0.0673. The van der Waals surface area contributed by atoms with Gasteiger partial charge in [0, 0.05) is 28.1 Å². The third kappa shape index (κ3) is 9.85. The molecule has 1 atom stereocenters. The SMILES string of the molecule is COc1ccc(C(=O)Nc2ccc(C(=O)NC(CC#N)C(=O)Nc3ccc(C(=O)Nc4ccc(C(=O)Nc5ccc(C(=O)O)c(O)c5OC)c(O)c4OC)cc3)cc2)cc1. The average Bonchev–Trinajstić information content (AvgIpc) is 3.24. The molecule has 0 aliphatic heterocycles. The first-order valence-corrected chi connectivity index (χ1v) is 17.6. The molecule has 1 unspecified atom stereocenters. The molecule has 0 saturated heterocycles. The van der Waals surface area contributed by atoms with Gasteiger partial charge in [-0.3, -0.25) is 24.0 Å². The second kappa shape index (κ2) is 19.0. The van der Waals surface area contributed by atoms with Gasteiger partial charge in [-0.1, -0.05) is 0 Å². The molecule has 18 heteroatoms. The van der Waals surface area contributed by atoms with E-state index in [1.807, 2.05) is 6.07 Å². The normalized spacial score (nSPS) is 10.8. The topological polar surface area (TPSA) is 275 Å². The number of phenolic OH excluding ortho intramolecular Hbond substituents is 1. The van der Waals surface area contributed by atoms with Crippen LogP contribution in [0.15, 0.2) is 97.1 Å². The minimum Gasteiger partial charge on any atom is -0.504 e. The lowest BCUT2D eigenvalue weighted by Crippen LogP contribution is -2.43. The molecule has 5 rings (SSSR count). The number of carbonyl (C=O) groups is 6. The van der Waals surface area contributed by atoms with Gasteiger partial charge < -0.3 is 56.1 Å². The number of hydrogen-bond acceptors (Lipinski definition) is 12. The monoisotopic (exact) mass is 816 g/mol. The summed E-state index contributed by atoms with van der Waals surface area (Å²) in [4.78, 5) is 76.4. The first-order valence-electron chi connectivity index (χ1n) is 17.6. The smallest absolute Gasteiger partial charge is 0.339 e. The van der Waals surface area contributed by atoms with E-state index >= 15 is 0 Å². The number of ether oxygens (including phenoxy) is 3. The highest BCUT2D eigenvalue weighted by atomic mass is 16.5. The number of carbonyl (C=O) groups excluding carboxylic acids is 5. The molecule has 0 aliphatic rings. The van der Waals surface area contributed by atoms with E-state index in [9.17, 15) is 49.3 Å². The van der Waals surface area contributed by atoms with Crippen molar-refractivity contribution in [1.82, 2.24) is 5.32 Å². The summed E-state index contributed by atoms with van der Waals surface area (Å²) in [7, 11) is 3.87. The lowest BCUT2D eigenvalue weighted by atomic mass is 10.1. The zero-order valence-electron chi connectivity index (χ0n) is 32.0. The maximum atomic E-state index is 13.2. The number of carboxylic acid groups (broad SMARTS) is 1. The molecule has 0 spiro atoms. The van der Waals surface area contributed by atoms with Crippen LogP contribution in [0.2, 0.25) is 0 Å². The van der Waals surface area contributed by atoms with Gasteiger partial charge in [-0.2, -0.15) is 5.26 Å². The van der Waals surface area contributed by atoms with Crippen LogP contribution in [-0.4, -0.2) is 78.2 Å². The van der Waals surface area contributed by atoms with E-state index in [4.69, 9.17) is 14.2 Å². The summed E-state index contributed by atoms with van der Waals surface area (Å²) in [6.45, 7) is 0. The van der Waals surface area contributed by atoms with Gasteiger partial charge in [-0.15, -0.1) is 0 Å². The summed E-state index contributed by atoms with van der Waals surface area (Å²) in [6, 6.07) is 23.4. The summed E-state index contributed by atoms with van der Waals surface area (Å²) < 4.78 is 15.4. The summed E-state index contributed by atoms with van der Waals surface area (Å²) in [6.07, 6.45) is -0.360. The highest BCUT2D eigenvalue weighted by Gasteiger charge is 2.25. The third-order valence-electron chi connectivity index (χ3n) is 8.73. The number of aromatic hydroxyl groups is 2. The summed E-state index contributed by atoms with van der Waals surface area (Å²) in [5.41, 5.74) is 0.448. The molecule has 5 amide bonds. The average molecular weight is 817 g/mol. The predicted octanol–water partition coefficient (Wildman–Crippen LogP) is 5.23. The van der Waals surface area contributed by atoms with Crippen LogP contribution in [0.4, 0.5) is 22.7 Å². The summed E-state index contributed by atoms with van der Waals surface area (Å²) in [5, 5.41) is 52.6. The molecule has 0 aromatic heterocycles. The molecule has 18 nitrogen and oxygen atoms in total. The van der Waals surface area contributed by atoms with E-state index in [-0.39, 0.29) is 57.6 Å². The van der Waals surface area contributed by atoms with Crippen LogP contribution >= 0.6 is 0 Å². The lowest BCUT2D eigenvalue weighted by Gasteiger charge is -2.17. The number of rotatable bonds is 15. The number of methoxy groups -OCH3 is 3. The highest BCUT2D eigenvalue weighted by molar-refractivity contribution is 6.10. The third-order valence-corrected chi connectivity index (χ3v) is 8.73. The van der Waals surface area contributed by atoms with E-state index in [2.05, 4.69) is 26.6 Å². The molecule has 0 aliphatic carbocycles. The predicted molar refractivity (Wildman–Crippen MR) is 216 cm³/mol. The van der Waals surface area contributed by atoms with Crippen molar-refractivity contribution < 1.29 is 58.3 Å². The van der Waals surface area contributed by atoms with Crippen molar-refractivity contribution in [3.8, 4) is 34.8 Å². The van der Waals surface area contributed by atoms with E-state index in [0.29, 0.717) is 17.0 Å². The van der Waals surface area contributed by atoms with Gasteiger partial charge in [0.15, 0.2) is 23.0 Å². The standard InChI is InChI=1S/C42H36N6O12/c1-58-27-14-8-24(9-15-27)37(51)44-25-10-4-23(5-11-25)39(53)48-32(20-21-43)41(55)45-26-12-6-22(7-13-26)38(52)46-30-18-16-28(33(49)35(30)59-2)40(54)47-31-19-17-29(42(56)57)34(50)36(31)60-3/h4-19,32,49-50H,20H2,1-3H3,(H,44,51)(H,45,55)(H,46,52)(H,47,54)(H,48,53)(H,56,57). The second-order valence-corrected chi connectivity index (χ2v) is 12.5. The molecular weight excluding hydrogens is 780 g/mol. The summed E-state index contributed by atoms with van der Waals surface area (Å²) >= 11 is 0. The van der Waals surface area contributed by atoms with Crippen molar-refractivity contribution in [1.29, 1.82) is 5.26 Å². The Morgan fingerprint density at radius 1 is 0.567 bits per heavy atom. The van der Waals surface area contributed by atoms with E-state index in [1.165, 1.54) is 80.9 Å². The molecule has 0 bridgehead atoms. The first kappa shape index (κ1) is 42.6. The Kier molecular flexibility index (Phi) is 13.5. The fourth-order valence-corrected chi connectivity index (χ4v) is 5.62. The lowest BCUT2D eigenvalue weighted by molar-refractivity contribution is -0.117. The molecule has 60 heavy (non-hydrogen) atoms. The Balaban J connectivity index is 1.19. The van der Waals surface area contributed by atoms with Crippen molar-refractivity contribution in [2.75, 3.05) is 42.6 Å². The maximum Gasteiger partial charge on any atom is 0.339 e. The number of nitrogens with zero attached hydrogens (tertiary/aromatic N) is 1. The Labute approximate surface area is 341 Å². The Morgan fingerprint density at radius 3 is 1.52 bits per heavy atom. The van der Waals surface area contributed by atoms with Gasteiger partial charge in [-0.25, -0.2) is 4.79 Å². The van der Waals surface area contributed by atoms with Gasteiger partial charge >= 0.3 is 5.97 Å². The number of carboxylic acids is 1. The fraction of sp³-hybridized carbons (Fsp3) is 0.119. The van der Waals surface area contributed by atoms with Crippen molar-refractivity contribution >= 4 is 58.3 Å². The van der Waals surface area contributed by atoms with E-state index in [0.717, 1.165) is 13.2 Å². The molecular formula is C42H36N6O12. The van der Waals surface area contributed by atoms with Crippen LogP contribution in [0.1, 0.15) is 58.2 Å².